The van der Waals surface area contributed by atoms with Gasteiger partial charge in [0.15, 0.2) is 29.0 Å². The number of benzene rings is 2. The molecule has 186 valence electrons. The Morgan fingerprint density at radius 1 is 1.08 bits per heavy atom. The summed E-state index contributed by atoms with van der Waals surface area (Å²) in [6.07, 6.45) is -3.14. The molecule has 1 amide bonds. The van der Waals surface area contributed by atoms with Gasteiger partial charge in [0, 0.05) is 19.2 Å². The summed E-state index contributed by atoms with van der Waals surface area (Å²) in [6.45, 7) is 0.481. The molecule has 1 fully saturated rings. The monoisotopic (exact) mass is 490 g/mol. The molecule has 0 unspecified atom stereocenters. The third kappa shape index (κ3) is 4.59. The molecule has 0 spiro atoms. The van der Waals surface area contributed by atoms with Crippen LogP contribution < -0.4 is 10.6 Å². The number of aromatic nitrogens is 4. The number of nitrogens with zero attached hydrogens (tertiary/aromatic N) is 4. The van der Waals surface area contributed by atoms with Gasteiger partial charge >= 0.3 is 0 Å². The summed E-state index contributed by atoms with van der Waals surface area (Å²) in [4.78, 5) is 25.6. The first-order valence-corrected chi connectivity index (χ1v) is 11.5. The maximum atomic E-state index is 11.8. The van der Waals surface area contributed by atoms with Gasteiger partial charge < -0.3 is 30.7 Å². The maximum Gasteiger partial charge on any atom is 0.222 e. The number of ether oxygens (including phenoxy) is 1. The zero-order chi connectivity index (χ0) is 25.2. The van der Waals surface area contributed by atoms with E-state index in [1.165, 1.54) is 17.9 Å². The fraction of sp³-hybridized carbons (Fsp3) is 0.280. The minimum absolute atomic E-state index is 0.0678. The zero-order valence-corrected chi connectivity index (χ0v) is 19.4. The van der Waals surface area contributed by atoms with Gasteiger partial charge in [0.1, 0.15) is 18.0 Å². The number of phenols is 1. The largest absolute Gasteiger partial charge is 0.508 e. The first-order chi connectivity index (χ1) is 17.4. The Hall–Kier alpha value is -4.06. The highest BCUT2D eigenvalue weighted by atomic mass is 16.6. The Bertz CT molecular complexity index is 1380. The topological polar surface area (TPSA) is 155 Å². The predicted molar refractivity (Wildman–Crippen MR) is 131 cm³/mol. The molecule has 36 heavy (non-hydrogen) atoms. The third-order valence-corrected chi connectivity index (χ3v) is 6.11. The van der Waals surface area contributed by atoms with E-state index in [1.54, 1.807) is 24.3 Å². The number of phenolic OH excluding ortho intramolecular Hbond substituents is 1. The maximum absolute atomic E-state index is 11.8. The second kappa shape index (κ2) is 9.90. The Balaban J connectivity index is 1.55. The normalized spacial score (nSPS) is 21.5. The van der Waals surface area contributed by atoms with Crippen molar-refractivity contribution in [3.63, 3.8) is 0 Å². The molecule has 2 aromatic carbocycles. The van der Waals surface area contributed by atoms with Crippen LogP contribution in [-0.2, 0) is 16.1 Å². The van der Waals surface area contributed by atoms with E-state index in [2.05, 4.69) is 25.6 Å². The molecule has 0 saturated carbocycles. The van der Waals surface area contributed by atoms with E-state index in [0.717, 1.165) is 5.56 Å². The molecule has 1 aliphatic heterocycles. The quantitative estimate of drug-likeness (QED) is 0.260. The van der Waals surface area contributed by atoms with Crippen molar-refractivity contribution in [2.75, 3.05) is 12.4 Å². The summed E-state index contributed by atoms with van der Waals surface area (Å²) in [7, 11) is 1.49. The molecule has 2 aromatic heterocycles. The van der Waals surface area contributed by atoms with Crippen molar-refractivity contribution in [1.29, 1.82) is 0 Å². The molecular formula is C25H26N6O5. The van der Waals surface area contributed by atoms with Crippen LogP contribution in [0.3, 0.4) is 0 Å². The number of aliphatic hydroxyl groups excluding tert-OH is 2. The fourth-order valence-electron chi connectivity index (χ4n) is 4.19. The van der Waals surface area contributed by atoms with Gasteiger partial charge in [-0.1, -0.05) is 42.5 Å². The number of carbonyl (C=O) groups excluding carboxylic acids is 1. The number of fused-ring (bicyclic) bond motifs is 1. The van der Waals surface area contributed by atoms with E-state index in [4.69, 9.17) is 4.74 Å². The summed E-state index contributed by atoms with van der Waals surface area (Å²) >= 11 is 0. The van der Waals surface area contributed by atoms with Gasteiger partial charge in [-0.25, -0.2) is 15.0 Å². The van der Waals surface area contributed by atoms with Crippen molar-refractivity contribution in [3.05, 3.63) is 66.5 Å². The van der Waals surface area contributed by atoms with E-state index < -0.39 is 24.5 Å². The summed E-state index contributed by atoms with van der Waals surface area (Å²) in [6, 6.07) is 16.4. The van der Waals surface area contributed by atoms with E-state index in [9.17, 15) is 20.1 Å². The number of anilines is 1. The van der Waals surface area contributed by atoms with Crippen molar-refractivity contribution >= 4 is 22.9 Å². The highest BCUT2D eigenvalue weighted by Crippen LogP contribution is 2.34. The van der Waals surface area contributed by atoms with Crippen LogP contribution in [-0.4, -0.2) is 66.1 Å². The standard InChI is InChI=1S/C25H26N6O5/c1-26-18(33)11-17-20(34)21(35)25(36-17)31-13-28-19-23(27-12-14-6-3-2-4-7-14)29-22(30-24(19)31)15-8-5-9-16(32)10-15/h2-10,13,17,20-21,25,32,34-35H,11-12H2,1H3,(H,26,33)(H,27,29,30)/t17-,20+,21+,25+/m0/s1. The van der Waals surface area contributed by atoms with Gasteiger partial charge in [0.05, 0.1) is 18.9 Å². The first kappa shape index (κ1) is 23.7. The van der Waals surface area contributed by atoms with E-state index in [-0.39, 0.29) is 18.1 Å². The summed E-state index contributed by atoms with van der Waals surface area (Å²) in [5, 5.41) is 37.0. The van der Waals surface area contributed by atoms with Crippen molar-refractivity contribution in [2.45, 2.75) is 37.5 Å². The van der Waals surface area contributed by atoms with Gasteiger partial charge in [-0.05, 0) is 17.7 Å². The number of rotatable bonds is 7. The predicted octanol–water partition coefficient (Wildman–Crippen LogP) is 1.57. The Kier molecular flexibility index (Phi) is 6.51. The number of nitrogens with one attached hydrogen (secondary N) is 2. The first-order valence-electron chi connectivity index (χ1n) is 11.5. The molecule has 1 saturated heterocycles. The van der Waals surface area contributed by atoms with Gasteiger partial charge in [-0.2, -0.15) is 0 Å². The lowest BCUT2D eigenvalue weighted by molar-refractivity contribution is -0.125. The fourth-order valence-corrected chi connectivity index (χ4v) is 4.19. The van der Waals surface area contributed by atoms with E-state index >= 15 is 0 Å². The number of hydrogen-bond acceptors (Lipinski definition) is 9. The van der Waals surface area contributed by atoms with Crippen LogP contribution in [0, 0.1) is 0 Å². The third-order valence-electron chi connectivity index (χ3n) is 6.11. The zero-order valence-electron chi connectivity index (χ0n) is 19.4. The van der Waals surface area contributed by atoms with E-state index in [1.807, 2.05) is 30.3 Å². The second-order valence-corrected chi connectivity index (χ2v) is 8.53. The van der Waals surface area contributed by atoms with Crippen molar-refractivity contribution < 1.29 is 24.9 Å². The summed E-state index contributed by atoms with van der Waals surface area (Å²) < 4.78 is 7.41. The number of amides is 1. The highest BCUT2D eigenvalue weighted by molar-refractivity contribution is 5.85. The van der Waals surface area contributed by atoms with Crippen LogP contribution in [0.4, 0.5) is 5.82 Å². The van der Waals surface area contributed by atoms with Crippen molar-refractivity contribution in [2.24, 2.45) is 0 Å². The minimum atomic E-state index is -1.31. The molecule has 0 radical (unpaired) electrons. The Labute approximate surface area is 206 Å². The molecule has 5 N–H and O–H groups in total. The molecule has 0 bridgehead atoms. The average molecular weight is 491 g/mol. The van der Waals surface area contributed by atoms with Crippen molar-refractivity contribution in [3.8, 4) is 17.1 Å². The summed E-state index contributed by atoms with van der Waals surface area (Å²) in [5.74, 6) is 0.531. The second-order valence-electron chi connectivity index (χ2n) is 8.53. The van der Waals surface area contributed by atoms with Crippen LogP contribution in [0.1, 0.15) is 18.2 Å². The molecule has 11 heteroatoms. The molecule has 0 aliphatic carbocycles. The van der Waals surface area contributed by atoms with Crippen LogP contribution in [0.15, 0.2) is 60.9 Å². The van der Waals surface area contributed by atoms with Crippen molar-refractivity contribution in [1.82, 2.24) is 24.8 Å². The smallest absolute Gasteiger partial charge is 0.222 e. The number of imidazole rings is 1. The molecule has 3 heterocycles. The number of hydrogen-bond donors (Lipinski definition) is 5. The average Bonchev–Trinajstić information content (AvgIpc) is 3.44. The molecule has 4 atom stereocenters. The van der Waals surface area contributed by atoms with Crippen LogP contribution in [0.5, 0.6) is 5.75 Å². The Morgan fingerprint density at radius 3 is 2.64 bits per heavy atom. The molecule has 5 rings (SSSR count). The lowest BCUT2D eigenvalue weighted by Crippen LogP contribution is -2.34. The van der Waals surface area contributed by atoms with Gasteiger partial charge in [0.2, 0.25) is 5.91 Å². The van der Waals surface area contributed by atoms with Gasteiger partial charge in [0.25, 0.3) is 0 Å². The number of aliphatic hydroxyl groups is 2. The number of carbonyl (C=O) groups is 1. The van der Waals surface area contributed by atoms with Crippen LogP contribution in [0.2, 0.25) is 0 Å². The summed E-state index contributed by atoms with van der Waals surface area (Å²) in [5.41, 5.74) is 2.42. The van der Waals surface area contributed by atoms with Crippen LogP contribution >= 0.6 is 0 Å². The molecule has 1 aliphatic rings. The lowest BCUT2D eigenvalue weighted by atomic mass is 10.1. The van der Waals surface area contributed by atoms with E-state index in [0.29, 0.717) is 34.9 Å². The highest BCUT2D eigenvalue weighted by Gasteiger charge is 2.45. The Morgan fingerprint density at radius 2 is 1.89 bits per heavy atom. The van der Waals surface area contributed by atoms with Gasteiger partial charge in [-0.15, -0.1) is 0 Å². The van der Waals surface area contributed by atoms with Crippen LogP contribution in [0.25, 0.3) is 22.6 Å². The number of aromatic hydroxyl groups is 1. The minimum Gasteiger partial charge on any atom is -0.508 e. The molecule has 4 aromatic rings. The molecule has 11 nitrogen and oxygen atoms in total. The van der Waals surface area contributed by atoms with Gasteiger partial charge in [-0.3, -0.25) is 9.36 Å². The molecular weight excluding hydrogens is 464 g/mol. The lowest BCUT2D eigenvalue weighted by Gasteiger charge is -2.17. The SMILES string of the molecule is CNC(=O)C[C@@H]1O[C@@H](n2cnc3c(NCc4ccccc4)nc(-c4cccc(O)c4)nc32)[C@H](O)[C@@H]1O.